The van der Waals surface area contributed by atoms with Crippen LogP contribution in [0.15, 0.2) is 24.8 Å². The fourth-order valence-corrected chi connectivity index (χ4v) is 2.23. The monoisotopic (exact) mass is 233 g/mol. The zero-order valence-electron chi connectivity index (χ0n) is 8.90. The number of esters is 1. The minimum Gasteiger partial charge on any atom is -0.462 e. The van der Waals surface area contributed by atoms with Crippen LogP contribution in [-0.2, 0) is 4.74 Å². The topological polar surface area (TPSA) is 39.2 Å². The van der Waals surface area contributed by atoms with Crippen molar-refractivity contribution in [2.75, 3.05) is 6.61 Å². The summed E-state index contributed by atoms with van der Waals surface area (Å²) in [5.74, 6) is -0.294. The number of hydrogen-bond donors (Lipinski definition) is 0. The fraction of sp³-hybridized carbons (Fsp3) is 0.167. The molecule has 0 fully saturated rings. The molecule has 1 aromatic heterocycles. The van der Waals surface area contributed by atoms with Crippen LogP contribution in [0.3, 0.4) is 0 Å². The molecule has 3 nitrogen and oxygen atoms in total. The molecule has 0 bridgehead atoms. The van der Waals surface area contributed by atoms with Gasteiger partial charge in [0.15, 0.2) is 0 Å². The Morgan fingerprint density at radius 1 is 1.62 bits per heavy atom. The number of carbonyl (C=O) groups is 1. The smallest absolute Gasteiger partial charge is 0.338 e. The van der Waals surface area contributed by atoms with Gasteiger partial charge in [0, 0.05) is 0 Å². The number of aromatic nitrogens is 1. The fourth-order valence-electron chi connectivity index (χ4n) is 1.37. The number of carbonyl (C=O) groups excluding carboxylic acids is 1. The van der Waals surface area contributed by atoms with Crippen molar-refractivity contribution < 1.29 is 9.53 Å². The van der Waals surface area contributed by atoms with E-state index in [0.717, 1.165) is 15.2 Å². The Morgan fingerprint density at radius 2 is 2.44 bits per heavy atom. The summed E-state index contributed by atoms with van der Waals surface area (Å²) in [5, 5.41) is 0.857. The highest BCUT2D eigenvalue weighted by molar-refractivity contribution is 7.19. The van der Waals surface area contributed by atoms with E-state index in [1.165, 1.54) is 11.3 Å². The third-order valence-corrected chi connectivity index (χ3v) is 3.10. The second-order valence-corrected chi connectivity index (χ2v) is 4.22. The maximum Gasteiger partial charge on any atom is 0.338 e. The van der Waals surface area contributed by atoms with Crippen LogP contribution in [0.2, 0.25) is 0 Å². The Labute approximate surface area is 97.4 Å². The van der Waals surface area contributed by atoms with E-state index in [0.29, 0.717) is 12.2 Å². The van der Waals surface area contributed by atoms with Crippen molar-refractivity contribution in [1.29, 1.82) is 0 Å². The second kappa shape index (κ2) is 4.45. The van der Waals surface area contributed by atoms with E-state index in [4.69, 9.17) is 4.74 Å². The van der Waals surface area contributed by atoms with Gasteiger partial charge in [0.05, 0.1) is 22.4 Å². The Kier molecular flexibility index (Phi) is 3.01. The van der Waals surface area contributed by atoms with Crippen LogP contribution in [0.25, 0.3) is 16.3 Å². The van der Waals surface area contributed by atoms with Gasteiger partial charge in [0.2, 0.25) is 0 Å². The number of hydrogen-bond acceptors (Lipinski definition) is 4. The molecule has 1 heterocycles. The minimum atomic E-state index is -0.294. The van der Waals surface area contributed by atoms with Gasteiger partial charge in [-0.1, -0.05) is 6.58 Å². The maximum absolute atomic E-state index is 11.5. The van der Waals surface area contributed by atoms with Gasteiger partial charge in [-0.3, -0.25) is 0 Å². The van der Waals surface area contributed by atoms with Crippen molar-refractivity contribution in [2.24, 2.45) is 0 Å². The average molecular weight is 233 g/mol. The molecule has 0 saturated heterocycles. The summed E-state index contributed by atoms with van der Waals surface area (Å²) in [7, 11) is 0. The third-order valence-electron chi connectivity index (χ3n) is 2.09. The molecule has 0 radical (unpaired) electrons. The van der Waals surface area contributed by atoms with Crippen LogP contribution in [0.5, 0.6) is 0 Å². The molecule has 0 unspecified atom stereocenters. The molecule has 0 spiro atoms. The first-order chi connectivity index (χ1) is 7.74. The second-order valence-electron chi connectivity index (χ2n) is 3.16. The summed E-state index contributed by atoms with van der Waals surface area (Å²) in [6, 6.07) is 5.36. The molecule has 0 amide bonds. The normalized spacial score (nSPS) is 10.3. The summed E-state index contributed by atoms with van der Waals surface area (Å²) < 4.78 is 5.91. The third kappa shape index (κ3) is 1.97. The molecule has 2 rings (SSSR count). The zero-order chi connectivity index (χ0) is 11.5. The van der Waals surface area contributed by atoms with Gasteiger partial charge in [-0.05, 0) is 31.2 Å². The summed E-state index contributed by atoms with van der Waals surface area (Å²) in [4.78, 5) is 15.8. The lowest BCUT2D eigenvalue weighted by molar-refractivity contribution is 0.0526. The Bertz CT molecular complexity index is 545. The molecule has 0 N–H and O–H groups in total. The number of ether oxygens (including phenoxy) is 1. The summed E-state index contributed by atoms with van der Waals surface area (Å²) >= 11 is 1.51. The molecule has 1 aromatic carbocycles. The maximum atomic E-state index is 11.5. The standard InChI is InChI=1S/C12H11NO2S/c1-3-11-13-9-6-5-8(7-10(9)16-11)12(14)15-4-2/h3,5-7H,1,4H2,2H3. The van der Waals surface area contributed by atoms with Crippen LogP contribution in [0, 0.1) is 0 Å². The van der Waals surface area contributed by atoms with Gasteiger partial charge in [0.25, 0.3) is 0 Å². The van der Waals surface area contributed by atoms with Crippen LogP contribution < -0.4 is 0 Å². The summed E-state index contributed by atoms with van der Waals surface area (Å²) in [6.07, 6.45) is 1.70. The number of nitrogens with zero attached hydrogens (tertiary/aromatic N) is 1. The Morgan fingerprint density at radius 3 is 3.12 bits per heavy atom. The van der Waals surface area contributed by atoms with E-state index in [1.54, 1.807) is 25.1 Å². The molecular formula is C12H11NO2S. The van der Waals surface area contributed by atoms with E-state index >= 15 is 0 Å². The molecule has 16 heavy (non-hydrogen) atoms. The molecule has 0 saturated carbocycles. The SMILES string of the molecule is C=Cc1nc2ccc(C(=O)OCC)cc2s1. The van der Waals surface area contributed by atoms with Crippen molar-refractivity contribution in [2.45, 2.75) is 6.92 Å². The lowest BCUT2D eigenvalue weighted by Crippen LogP contribution is -2.03. The predicted molar refractivity (Wildman–Crippen MR) is 65.7 cm³/mol. The molecule has 2 aromatic rings. The molecule has 0 aliphatic rings. The number of benzene rings is 1. The lowest BCUT2D eigenvalue weighted by atomic mass is 10.2. The molecule has 4 heteroatoms. The quantitative estimate of drug-likeness (QED) is 0.765. The zero-order valence-corrected chi connectivity index (χ0v) is 9.71. The van der Waals surface area contributed by atoms with Gasteiger partial charge in [-0.25, -0.2) is 9.78 Å². The van der Waals surface area contributed by atoms with Crippen molar-refractivity contribution in [3.8, 4) is 0 Å². The van der Waals surface area contributed by atoms with Crippen LogP contribution >= 0.6 is 11.3 Å². The molecule has 0 aliphatic heterocycles. The first-order valence-corrected chi connectivity index (χ1v) is 5.76. The predicted octanol–water partition coefficient (Wildman–Crippen LogP) is 3.12. The van der Waals surface area contributed by atoms with Gasteiger partial charge in [0.1, 0.15) is 5.01 Å². The highest BCUT2D eigenvalue weighted by Crippen LogP contribution is 2.24. The van der Waals surface area contributed by atoms with E-state index < -0.39 is 0 Å². The van der Waals surface area contributed by atoms with Gasteiger partial charge in [-0.15, -0.1) is 11.3 Å². The average Bonchev–Trinajstić information content (AvgIpc) is 2.70. The van der Waals surface area contributed by atoms with Crippen LogP contribution in [0.1, 0.15) is 22.3 Å². The van der Waals surface area contributed by atoms with Crippen LogP contribution in [-0.4, -0.2) is 17.6 Å². The molecule has 0 aliphatic carbocycles. The number of fused-ring (bicyclic) bond motifs is 1. The minimum absolute atomic E-state index is 0.294. The van der Waals surface area contributed by atoms with Gasteiger partial charge < -0.3 is 4.74 Å². The first-order valence-electron chi connectivity index (χ1n) is 4.94. The van der Waals surface area contributed by atoms with E-state index in [2.05, 4.69) is 11.6 Å². The van der Waals surface area contributed by atoms with E-state index in [9.17, 15) is 4.79 Å². The summed E-state index contributed by atoms with van der Waals surface area (Å²) in [5.41, 5.74) is 1.45. The molecule has 82 valence electrons. The Hall–Kier alpha value is -1.68. The molecule has 0 atom stereocenters. The van der Waals surface area contributed by atoms with Gasteiger partial charge in [-0.2, -0.15) is 0 Å². The van der Waals surface area contributed by atoms with Gasteiger partial charge >= 0.3 is 5.97 Å². The van der Waals surface area contributed by atoms with Crippen LogP contribution in [0.4, 0.5) is 0 Å². The lowest BCUT2D eigenvalue weighted by Gasteiger charge is -2.00. The van der Waals surface area contributed by atoms with Crippen molar-refractivity contribution in [1.82, 2.24) is 4.98 Å². The Balaban J connectivity index is 2.42. The van der Waals surface area contributed by atoms with E-state index in [-0.39, 0.29) is 5.97 Å². The summed E-state index contributed by atoms with van der Waals surface area (Å²) in [6.45, 7) is 5.85. The number of thiazole rings is 1. The molecular weight excluding hydrogens is 222 g/mol. The van der Waals surface area contributed by atoms with Crippen molar-refractivity contribution in [3.63, 3.8) is 0 Å². The van der Waals surface area contributed by atoms with Crippen molar-refractivity contribution in [3.05, 3.63) is 35.3 Å². The number of rotatable bonds is 3. The highest BCUT2D eigenvalue weighted by atomic mass is 32.1. The highest BCUT2D eigenvalue weighted by Gasteiger charge is 2.08. The van der Waals surface area contributed by atoms with E-state index in [1.807, 2.05) is 6.07 Å². The van der Waals surface area contributed by atoms with Crippen molar-refractivity contribution >= 4 is 33.6 Å². The largest absolute Gasteiger partial charge is 0.462 e. The first kappa shape index (κ1) is 10.8.